The fourth-order valence-electron chi connectivity index (χ4n) is 3.33. The standard InChI is InChI=1S/C23H28N2O2S2/c1-29(26,27)24-21-13-11-20(12-14-21)8-4-3-7-17-25-18-15-23(16-19-25)28-22-9-5-2-6-10-22/h2,5-6,9-14,23-24H,3,7,15-19H2,1H3. The fraction of sp³-hybridized carbons (Fsp3) is 0.391. The van der Waals surface area contributed by atoms with Crippen LogP contribution < -0.4 is 4.72 Å². The summed E-state index contributed by atoms with van der Waals surface area (Å²) in [7, 11) is -3.24. The van der Waals surface area contributed by atoms with E-state index in [1.165, 1.54) is 30.8 Å². The van der Waals surface area contributed by atoms with E-state index in [-0.39, 0.29) is 0 Å². The van der Waals surface area contributed by atoms with Gasteiger partial charge in [0.25, 0.3) is 0 Å². The number of nitrogens with zero attached hydrogens (tertiary/aromatic N) is 1. The Morgan fingerprint density at radius 3 is 2.41 bits per heavy atom. The second kappa shape index (κ2) is 10.7. The summed E-state index contributed by atoms with van der Waals surface area (Å²) in [6.45, 7) is 3.45. The highest BCUT2D eigenvalue weighted by Gasteiger charge is 2.19. The third kappa shape index (κ3) is 8.14. The normalized spacial score (nSPS) is 15.5. The summed E-state index contributed by atoms with van der Waals surface area (Å²) in [5.41, 5.74) is 1.47. The van der Waals surface area contributed by atoms with Crippen molar-refractivity contribution in [1.29, 1.82) is 0 Å². The first-order valence-corrected chi connectivity index (χ1v) is 12.8. The van der Waals surface area contributed by atoms with Crippen molar-refractivity contribution in [2.45, 2.75) is 35.8 Å². The van der Waals surface area contributed by atoms with E-state index < -0.39 is 10.0 Å². The van der Waals surface area contributed by atoms with Crippen molar-refractivity contribution >= 4 is 27.5 Å². The Bertz CT molecular complexity index is 924. The zero-order valence-corrected chi connectivity index (χ0v) is 18.4. The van der Waals surface area contributed by atoms with E-state index in [0.29, 0.717) is 5.69 Å². The van der Waals surface area contributed by atoms with E-state index >= 15 is 0 Å². The lowest BCUT2D eigenvalue weighted by molar-refractivity contribution is 0.231. The average molecular weight is 429 g/mol. The van der Waals surface area contributed by atoms with Gasteiger partial charge in [-0.15, -0.1) is 11.8 Å². The zero-order chi connectivity index (χ0) is 20.5. The molecule has 2 aromatic rings. The third-order valence-electron chi connectivity index (χ3n) is 4.78. The number of sulfonamides is 1. The van der Waals surface area contributed by atoms with Crippen LogP contribution in [0.4, 0.5) is 5.69 Å². The Hall–Kier alpha value is -1.94. The monoisotopic (exact) mass is 428 g/mol. The number of hydrogen-bond acceptors (Lipinski definition) is 4. The van der Waals surface area contributed by atoms with Gasteiger partial charge in [0.15, 0.2) is 0 Å². The lowest BCUT2D eigenvalue weighted by Gasteiger charge is -2.31. The molecule has 6 heteroatoms. The number of benzene rings is 2. The SMILES string of the molecule is CS(=O)(=O)Nc1ccc(C#CCCCN2CCC(Sc3ccccc3)CC2)cc1. The van der Waals surface area contributed by atoms with Crippen LogP contribution in [0, 0.1) is 11.8 Å². The molecule has 1 saturated heterocycles. The molecule has 0 spiro atoms. The molecule has 0 amide bonds. The Kier molecular flexibility index (Phi) is 8.05. The molecule has 2 aromatic carbocycles. The maximum Gasteiger partial charge on any atom is 0.229 e. The summed E-state index contributed by atoms with van der Waals surface area (Å²) >= 11 is 2.01. The van der Waals surface area contributed by atoms with Crippen molar-refractivity contribution in [2.24, 2.45) is 0 Å². The van der Waals surface area contributed by atoms with Gasteiger partial charge in [0.1, 0.15) is 0 Å². The summed E-state index contributed by atoms with van der Waals surface area (Å²) in [5, 5.41) is 0.730. The summed E-state index contributed by atoms with van der Waals surface area (Å²) < 4.78 is 24.9. The van der Waals surface area contributed by atoms with E-state index in [0.717, 1.165) is 36.5 Å². The zero-order valence-electron chi connectivity index (χ0n) is 16.8. The van der Waals surface area contributed by atoms with Gasteiger partial charge in [0.05, 0.1) is 6.26 Å². The van der Waals surface area contributed by atoms with E-state index in [1.54, 1.807) is 12.1 Å². The van der Waals surface area contributed by atoms with Gasteiger partial charge in [-0.1, -0.05) is 30.0 Å². The van der Waals surface area contributed by atoms with Crippen LogP contribution in [0.5, 0.6) is 0 Å². The molecule has 0 aliphatic carbocycles. The molecule has 0 atom stereocenters. The lowest BCUT2D eigenvalue weighted by Crippen LogP contribution is -2.35. The smallest absolute Gasteiger partial charge is 0.229 e. The largest absolute Gasteiger partial charge is 0.303 e. The highest BCUT2D eigenvalue weighted by atomic mass is 32.2. The Morgan fingerprint density at radius 2 is 1.76 bits per heavy atom. The highest BCUT2D eigenvalue weighted by molar-refractivity contribution is 8.00. The molecule has 29 heavy (non-hydrogen) atoms. The molecule has 1 aliphatic heterocycles. The van der Waals surface area contributed by atoms with Gasteiger partial charge in [-0.25, -0.2) is 8.42 Å². The van der Waals surface area contributed by atoms with Crippen molar-refractivity contribution in [2.75, 3.05) is 30.6 Å². The van der Waals surface area contributed by atoms with Crippen LogP contribution in [-0.2, 0) is 10.0 Å². The van der Waals surface area contributed by atoms with Gasteiger partial charge in [0.2, 0.25) is 10.0 Å². The molecule has 1 N–H and O–H groups in total. The van der Waals surface area contributed by atoms with Crippen molar-refractivity contribution in [3.8, 4) is 11.8 Å². The van der Waals surface area contributed by atoms with Gasteiger partial charge in [-0.2, -0.15) is 0 Å². The van der Waals surface area contributed by atoms with Crippen LogP contribution in [0.1, 0.15) is 31.2 Å². The second-order valence-electron chi connectivity index (χ2n) is 7.33. The first-order valence-electron chi connectivity index (χ1n) is 9.99. The maximum atomic E-state index is 11.2. The van der Waals surface area contributed by atoms with Crippen LogP contribution in [0.3, 0.4) is 0 Å². The molecule has 0 unspecified atom stereocenters. The van der Waals surface area contributed by atoms with Crippen molar-refractivity contribution < 1.29 is 8.42 Å². The number of thioether (sulfide) groups is 1. The van der Waals surface area contributed by atoms with Crippen molar-refractivity contribution in [3.05, 3.63) is 60.2 Å². The summed E-state index contributed by atoms with van der Waals surface area (Å²) in [6, 6.07) is 17.9. The quantitative estimate of drug-likeness (QED) is 0.523. The Labute approximate surface area is 179 Å². The summed E-state index contributed by atoms with van der Waals surface area (Å²) in [4.78, 5) is 3.93. The Morgan fingerprint density at radius 1 is 1.07 bits per heavy atom. The number of piperidine rings is 1. The molecule has 4 nitrogen and oxygen atoms in total. The van der Waals surface area contributed by atoms with Gasteiger partial charge in [-0.05, 0) is 75.3 Å². The molecule has 0 saturated carbocycles. The third-order valence-corrected chi connectivity index (χ3v) is 6.73. The molecule has 1 fully saturated rings. The van der Waals surface area contributed by atoms with E-state index in [4.69, 9.17) is 0 Å². The molecule has 3 rings (SSSR count). The van der Waals surface area contributed by atoms with E-state index in [9.17, 15) is 8.42 Å². The number of likely N-dealkylation sites (tertiary alicyclic amines) is 1. The maximum absolute atomic E-state index is 11.2. The van der Waals surface area contributed by atoms with Crippen LogP contribution in [0.15, 0.2) is 59.5 Å². The van der Waals surface area contributed by atoms with Crippen LogP contribution in [0.25, 0.3) is 0 Å². The fourth-order valence-corrected chi connectivity index (χ4v) is 5.04. The van der Waals surface area contributed by atoms with Crippen LogP contribution in [-0.4, -0.2) is 44.5 Å². The molecule has 154 valence electrons. The minimum atomic E-state index is -3.24. The molecule has 0 bridgehead atoms. The van der Waals surface area contributed by atoms with Crippen LogP contribution in [0.2, 0.25) is 0 Å². The number of unbranched alkanes of at least 4 members (excludes halogenated alkanes) is 1. The molecular formula is C23H28N2O2S2. The minimum Gasteiger partial charge on any atom is -0.303 e. The van der Waals surface area contributed by atoms with Gasteiger partial charge >= 0.3 is 0 Å². The molecule has 1 heterocycles. The number of hydrogen-bond donors (Lipinski definition) is 1. The van der Waals surface area contributed by atoms with Gasteiger partial charge in [-0.3, -0.25) is 4.72 Å². The van der Waals surface area contributed by atoms with E-state index in [2.05, 4.69) is 51.8 Å². The van der Waals surface area contributed by atoms with Crippen LogP contribution >= 0.6 is 11.8 Å². The first kappa shape index (κ1) is 21.8. The number of nitrogens with one attached hydrogen (secondary N) is 1. The molecular weight excluding hydrogens is 400 g/mol. The molecule has 0 radical (unpaired) electrons. The number of rotatable bonds is 7. The second-order valence-corrected chi connectivity index (χ2v) is 10.5. The van der Waals surface area contributed by atoms with Crippen molar-refractivity contribution in [3.63, 3.8) is 0 Å². The summed E-state index contributed by atoms with van der Waals surface area (Å²) in [5.74, 6) is 6.39. The Balaban J connectivity index is 1.33. The van der Waals surface area contributed by atoms with Gasteiger partial charge in [0, 0.05) is 27.8 Å². The topological polar surface area (TPSA) is 49.4 Å². The average Bonchev–Trinajstić information content (AvgIpc) is 2.70. The van der Waals surface area contributed by atoms with Gasteiger partial charge < -0.3 is 4.90 Å². The predicted octanol–water partition coefficient (Wildman–Crippen LogP) is 4.45. The molecule has 1 aliphatic rings. The highest BCUT2D eigenvalue weighted by Crippen LogP contribution is 2.30. The first-order chi connectivity index (χ1) is 14.0. The molecule has 0 aromatic heterocycles. The van der Waals surface area contributed by atoms with Crippen molar-refractivity contribution in [1.82, 2.24) is 4.90 Å². The predicted molar refractivity (Wildman–Crippen MR) is 123 cm³/mol. The minimum absolute atomic E-state index is 0.562. The summed E-state index contributed by atoms with van der Waals surface area (Å²) in [6.07, 6.45) is 5.60. The lowest BCUT2D eigenvalue weighted by atomic mass is 10.1. The number of anilines is 1. The van der Waals surface area contributed by atoms with E-state index in [1.807, 2.05) is 23.9 Å².